The largest absolute Gasteiger partial charge is 0.490 e. The number of aryl methyl sites for hydroxylation is 2. The fourth-order valence-electron chi connectivity index (χ4n) is 2.18. The van der Waals surface area contributed by atoms with Crippen molar-refractivity contribution in [1.82, 2.24) is 0 Å². The molecule has 23 heavy (non-hydrogen) atoms. The number of rotatable bonds is 5. The molecular weight excluding hydrogens is 333 g/mol. The molecule has 2 aromatic rings. The summed E-state index contributed by atoms with van der Waals surface area (Å²) >= 11 is 12.4. The molecule has 1 N–H and O–H groups in total. The Kier molecular flexibility index (Phi) is 5.91. The van der Waals surface area contributed by atoms with Gasteiger partial charge in [-0.1, -0.05) is 47.8 Å². The maximum atomic E-state index is 12.4. The van der Waals surface area contributed by atoms with Crippen molar-refractivity contribution >= 4 is 34.8 Å². The molecule has 0 heterocycles. The Morgan fingerprint density at radius 1 is 1.13 bits per heavy atom. The van der Waals surface area contributed by atoms with Gasteiger partial charge in [0.1, 0.15) is 0 Å². The number of carbonyl (C=O) groups is 1. The van der Waals surface area contributed by atoms with E-state index in [4.69, 9.17) is 27.9 Å². The van der Waals surface area contributed by atoms with E-state index in [2.05, 4.69) is 5.32 Å². The molecule has 0 atom stereocenters. The highest BCUT2D eigenvalue weighted by Crippen LogP contribution is 2.34. The Labute approximate surface area is 146 Å². The van der Waals surface area contributed by atoms with E-state index in [-0.39, 0.29) is 5.91 Å². The van der Waals surface area contributed by atoms with Gasteiger partial charge in [-0.05, 0) is 44.0 Å². The third kappa shape index (κ3) is 4.40. The maximum Gasteiger partial charge on any atom is 0.255 e. The third-order valence-electron chi connectivity index (χ3n) is 3.34. The number of amides is 1. The molecule has 1 amide bonds. The van der Waals surface area contributed by atoms with Gasteiger partial charge in [-0.2, -0.15) is 0 Å². The maximum absolute atomic E-state index is 12.4. The first-order chi connectivity index (χ1) is 10.9. The summed E-state index contributed by atoms with van der Waals surface area (Å²) in [5.41, 5.74) is 3.30. The minimum Gasteiger partial charge on any atom is -0.490 e. The van der Waals surface area contributed by atoms with E-state index in [1.165, 1.54) is 0 Å². The van der Waals surface area contributed by atoms with Crippen LogP contribution in [0.3, 0.4) is 0 Å². The molecule has 0 aromatic heterocycles. The minimum atomic E-state index is -0.261. The number of carbonyl (C=O) groups excluding carboxylic acids is 1. The van der Waals surface area contributed by atoms with Crippen LogP contribution in [-0.2, 0) is 0 Å². The fraction of sp³-hybridized carbons (Fsp3) is 0.278. The summed E-state index contributed by atoms with van der Waals surface area (Å²) in [4.78, 5) is 12.4. The third-order valence-corrected chi connectivity index (χ3v) is 3.90. The summed E-state index contributed by atoms with van der Waals surface area (Å²) in [6, 6.07) is 8.97. The first-order valence-corrected chi connectivity index (χ1v) is 8.18. The van der Waals surface area contributed by atoms with E-state index in [9.17, 15) is 4.79 Å². The van der Waals surface area contributed by atoms with E-state index < -0.39 is 0 Å². The van der Waals surface area contributed by atoms with Crippen molar-refractivity contribution in [2.24, 2.45) is 0 Å². The van der Waals surface area contributed by atoms with Crippen LogP contribution in [0.1, 0.15) is 34.8 Å². The second kappa shape index (κ2) is 7.71. The zero-order valence-corrected chi connectivity index (χ0v) is 14.9. The van der Waals surface area contributed by atoms with Crippen molar-refractivity contribution in [3.63, 3.8) is 0 Å². The molecule has 3 nitrogen and oxygen atoms in total. The average Bonchev–Trinajstić information content (AvgIpc) is 2.49. The summed E-state index contributed by atoms with van der Waals surface area (Å²) in [5.74, 6) is 0.154. The van der Waals surface area contributed by atoms with Crippen molar-refractivity contribution in [3.05, 3.63) is 57.1 Å². The molecule has 0 aliphatic carbocycles. The van der Waals surface area contributed by atoms with E-state index >= 15 is 0 Å². The quantitative estimate of drug-likeness (QED) is 0.755. The fourth-order valence-corrected chi connectivity index (χ4v) is 2.78. The highest BCUT2D eigenvalue weighted by molar-refractivity contribution is 6.37. The lowest BCUT2D eigenvalue weighted by Gasteiger charge is -2.12. The van der Waals surface area contributed by atoms with Crippen LogP contribution in [0.2, 0.25) is 10.0 Å². The van der Waals surface area contributed by atoms with Crippen LogP contribution in [0, 0.1) is 13.8 Å². The highest BCUT2D eigenvalue weighted by Gasteiger charge is 2.15. The molecule has 0 unspecified atom stereocenters. The lowest BCUT2D eigenvalue weighted by molar-refractivity contribution is 0.102. The van der Waals surface area contributed by atoms with Crippen molar-refractivity contribution < 1.29 is 9.53 Å². The molecule has 0 aliphatic rings. The number of halogens is 2. The highest BCUT2D eigenvalue weighted by atomic mass is 35.5. The van der Waals surface area contributed by atoms with E-state index in [1.807, 2.05) is 39.0 Å². The summed E-state index contributed by atoms with van der Waals surface area (Å²) in [6.07, 6.45) is 0.849. The van der Waals surface area contributed by atoms with Crippen molar-refractivity contribution in [3.8, 4) is 5.75 Å². The van der Waals surface area contributed by atoms with Crippen LogP contribution >= 0.6 is 23.2 Å². The minimum absolute atomic E-state index is 0.261. The smallest absolute Gasteiger partial charge is 0.255 e. The van der Waals surface area contributed by atoms with Gasteiger partial charge in [-0.25, -0.2) is 0 Å². The van der Waals surface area contributed by atoms with Gasteiger partial charge in [0.2, 0.25) is 0 Å². The van der Waals surface area contributed by atoms with Crippen molar-refractivity contribution in [2.45, 2.75) is 27.2 Å². The van der Waals surface area contributed by atoms with Crippen LogP contribution in [-0.4, -0.2) is 12.5 Å². The SMILES string of the molecule is CCCOc1c(Cl)cc(C(=O)Nc2ccc(C)cc2C)cc1Cl. The normalized spacial score (nSPS) is 10.5. The number of ether oxygens (including phenoxy) is 1. The van der Waals surface area contributed by atoms with Crippen LogP contribution in [0.25, 0.3) is 0 Å². The number of benzene rings is 2. The van der Waals surface area contributed by atoms with Crippen LogP contribution in [0.4, 0.5) is 5.69 Å². The summed E-state index contributed by atoms with van der Waals surface area (Å²) in [6.45, 7) is 6.47. The van der Waals surface area contributed by atoms with Gasteiger partial charge in [0.15, 0.2) is 5.75 Å². The second-order valence-electron chi connectivity index (χ2n) is 5.39. The zero-order chi connectivity index (χ0) is 17.0. The van der Waals surface area contributed by atoms with Crippen LogP contribution in [0.15, 0.2) is 30.3 Å². The van der Waals surface area contributed by atoms with E-state index in [0.717, 1.165) is 23.2 Å². The molecule has 0 aliphatic heterocycles. The molecule has 2 aromatic carbocycles. The molecule has 0 saturated carbocycles. The van der Waals surface area contributed by atoms with E-state index in [1.54, 1.807) is 12.1 Å². The molecule has 122 valence electrons. The monoisotopic (exact) mass is 351 g/mol. The lowest BCUT2D eigenvalue weighted by Crippen LogP contribution is -2.13. The summed E-state index contributed by atoms with van der Waals surface area (Å²) in [5, 5.41) is 3.53. The number of hydrogen-bond donors (Lipinski definition) is 1. The summed E-state index contributed by atoms with van der Waals surface area (Å²) in [7, 11) is 0. The van der Waals surface area contributed by atoms with Gasteiger partial charge in [0.25, 0.3) is 5.91 Å². The second-order valence-corrected chi connectivity index (χ2v) is 6.20. The molecular formula is C18H19Cl2NO2. The average molecular weight is 352 g/mol. The van der Waals surface area contributed by atoms with Crippen molar-refractivity contribution in [2.75, 3.05) is 11.9 Å². The Hall–Kier alpha value is -1.71. The van der Waals surface area contributed by atoms with Gasteiger partial charge in [-0.3, -0.25) is 4.79 Å². The summed E-state index contributed by atoms with van der Waals surface area (Å²) < 4.78 is 5.51. The first kappa shape index (κ1) is 17.6. The van der Waals surface area contributed by atoms with Crippen LogP contribution < -0.4 is 10.1 Å². The molecule has 0 bridgehead atoms. The predicted octanol–water partition coefficient (Wildman–Crippen LogP) is 5.65. The molecule has 0 saturated heterocycles. The zero-order valence-electron chi connectivity index (χ0n) is 13.4. The Bertz CT molecular complexity index is 706. The predicted molar refractivity (Wildman–Crippen MR) is 96.1 cm³/mol. The van der Waals surface area contributed by atoms with Crippen molar-refractivity contribution in [1.29, 1.82) is 0 Å². The number of anilines is 1. The molecule has 5 heteroatoms. The van der Waals surface area contributed by atoms with Gasteiger partial charge in [0, 0.05) is 11.3 Å². The van der Waals surface area contributed by atoms with Gasteiger partial charge < -0.3 is 10.1 Å². The van der Waals surface area contributed by atoms with Crippen LogP contribution in [0.5, 0.6) is 5.75 Å². The Morgan fingerprint density at radius 2 is 1.78 bits per heavy atom. The van der Waals surface area contributed by atoms with E-state index in [0.29, 0.717) is 28.0 Å². The number of nitrogens with one attached hydrogen (secondary N) is 1. The van der Waals surface area contributed by atoms with Gasteiger partial charge in [0.05, 0.1) is 16.7 Å². The topological polar surface area (TPSA) is 38.3 Å². The Balaban J connectivity index is 2.22. The van der Waals surface area contributed by atoms with Gasteiger partial charge >= 0.3 is 0 Å². The standard InChI is InChI=1S/C18H19Cl2NO2/c1-4-7-23-17-14(19)9-13(10-15(17)20)18(22)21-16-6-5-11(2)8-12(16)3/h5-6,8-10H,4,7H2,1-3H3,(H,21,22). The molecule has 0 fully saturated rings. The van der Waals surface area contributed by atoms with Gasteiger partial charge in [-0.15, -0.1) is 0 Å². The lowest BCUT2D eigenvalue weighted by atomic mass is 10.1. The molecule has 0 spiro atoms. The Morgan fingerprint density at radius 3 is 2.35 bits per heavy atom. The first-order valence-electron chi connectivity index (χ1n) is 7.42. The number of hydrogen-bond acceptors (Lipinski definition) is 2. The molecule has 0 radical (unpaired) electrons. The molecule has 2 rings (SSSR count).